The van der Waals surface area contributed by atoms with Crippen molar-refractivity contribution in [2.45, 2.75) is 0 Å². The van der Waals surface area contributed by atoms with E-state index in [1.165, 1.54) is 6.07 Å². The van der Waals surface area contributed by atoms with Crippen LogP contribution in [0.15, 0.2) is 22.3 Å². The smallest absolute Gasteiger partial charge is 0.236 e. The number of ether oxygens (including phenoxy) is 1. The van der Waals surface area contributed by atoms with E-state index in [-0.39, 0.29) is 4.74 Å². The van der Waals surface area contributed by atoms with Crippen LogP contribution >= 0.6 is 11.3 Å². The number of hydrogen-bond donors (Lipinski definition) is 0. The summed E-state index contributed by atoms with van der Waals surface area (Å²) in [5, 5.41) is 1.71. The lowest BCUT2D eigenvalue weighted by molar-refractivity contribution is 0.415. The van der Waals surface area contributed by atoms with E-state index in [0.717, 1.165) is 11.3 Å². The van der Waals surface area contributed by atoms with Gasteiger partial charge in [0.15, 0.2) is 0 Å². The highest BCUT2D eigenvalue weighted by molar-refractivity contribution is 7.07. The van der Waals surface area contributed by atoms with E-state index in [2.05, 4.69) is 0 Å². The van der Waals surface area contributed by atoms with Crippen LogP contribution in [0, 0.1) is 0 Å². The van der Waals surface area contributed by atoms with Gasteiger partial charge in [-0.25, -0.2) is 0 Å². The van der Waals surface area contributed by atoms with Crippen molar-refractivity contribution in [1.29, 1.82) is 0 Å². The first-order valence-corrected chi connectivity index (χ1v) is 3.34. The molecule has 0 atom stereocenters. The van der Waals surface area contributed by atoms with Crippen LogP contribution in [0.3, 0.4) is 0 Å². The van der Waals surface area contributed by atoms with Gasteiger partial charge in [0.05, 0.1) is 7.11 Å². The number of methoxy groups -OCH3 is 1. The van der Waals surface area contributed by atoms with Crippen molar-refractivity contribution in [2.75, 3.05) is 7.11 Å². The van der Waals surface area contributed by atoms with Gasteiger partial charge in [-0.15, -0.1) is 11.3 Å². The van der Waals surface area contributed by atoms with Gasteiger partial charge in [0, 0.05) is 6.07 Å². The summed E-state index contributed by atoms with van der Waals surface area (Å²) in [5.41, 5.74) is 0. The fourth-order valence-electron chi connectivity index (χ4n) is 0.493. The van der Waals surface area contributed by atoms with Crippen LogP contribution in [0.5, 0.6) is 5.75 Å². The van der Waals surface area contributed by atoms with E-state index in [1.54, 1.807) is 18.6 Å². The van der Waals surface area contributed by atoms with Gasteiger partial charge < -0.3 is 4.74 Å². The van der Waals surface area contributed by atoms with E-state index < -0.39 is 0 Å². The summed E-state index contributed by atoms with van der Waals surface area (Å²) >= 11 is 1.16. The van der Waals surface area contributed by atoms with Crippen LogP contribution in [0.1, 0.15) is 0 Å². The molecule has 0 bridgehead atoms. The van der Waals surface area contributed by atoms with E-state index in [9.17, 15) is 4.79 Å². The third kappa shape index (κ3) is 1.54. The standard InChI is InChI=1S/C6H6O2S/c1-8-5-2-3-9-6(7)4-5/h2-4H,1H3. The van der Waals surface area contributed by atoms with Gasteiger partial charge in [-0.3, -0.25) is 4.79 Å². The molecule has 0 radical (unpaired) electrons. The van der Waals surface area contributed by atoms with Crippen molar-refractivity contribution in [3.05, 3.63) is 27.0 Å². The first-order valence-electron chi connectivity index (χ1n) is 2.46. The van der Waals surface area contributed by atoms with Gasteiger partial charge in [0.1, 0.15) is 5.75 Å². The van der Waals surface area contributed by atoms with Gasteiger partial charge in [0.25, 0.3) is 0 Å². The largest absolute Gasteiger partial charge is 0.497 e. The SMILES string of the molecule is COc1ccsc(=O)c1. The first kappa shape index (κ1) is 6.29. The Balaban J connectivity index is 3.08. The Morgan fingerprint density at radius 3 is 2.89 bits per heavy atom. The second kappa shape index (κ2) is 2.64. The molecule has 0 aliphatic rings. The van der Waals surface area contributed by atoms with Crippen LogP contribution in [0.2, 0.25) is 0 Å². The summed E-state index contributed by atoms with van der Waals surface area (Å²) in [7, 11) is 1.54. The average molecular weight is 142 g/mol. The lowest BCUT2D eigenvalue weighted by Gasteiger charge is -1.93. The quantitative estimate of drug-likeness (QED) is 0.587. The zero-order chi connectivity index (χ0) is 6.69. The Kier molecular flexibility index (Phi) is 1.85. The Bertz CT molecular complexity index is 241. The number of hydrogen-bond acceptors (Lipinski definition) is 3. The van der Waals surface area contributed by atoms with Crippen molar-refractivity contribution in [2.24, 2.45) is 0 Å². The molecule has 0 N–H and O–H groups in total. The highest BCUT2D eigenvalue weighted by Crippen LogP contribution is 2.04. The zero-order valence-corrected chi connectivity index (χ0v) is 5.77. The van der Waals surface area contributed by atoms with Crippen molar-refractivity contribution in [3.63, 3.8) is 0 Å². The molecule has 1 aromatic rings. The van der Waals surface area contributed by atoms with Crippen LogP contribution in [0.25, 0.3) is 0 Å². The molecule has 0 aromatic carbocycles. The summed E-state index contributed by atoms with van der Waals surface area (Å²) in [6, 6.07) is 3.22. The molecule has 2 nitrogen and oxygen atoms in total. The Morgan fingerprint density at radius 2 is 2.44 bits per heavy atom. The highest BCUT2D eigenvalue weighted by atomic mass is 32.1. The second-order valence-corrected chi connectivity index (χ2v) is 2.40. The van der Waals surface area contributed by atoms with Gasteiger partial charge in [-0.05, 0) is 11.4 Å². The minimum atomic E-state index is 0.0225. The molecule has 3 heteroatoms. The van der Waals surface area contributed by atoms with Gasteiger partial charge in [-0.1, -0.05) is 0 Å². The zero-order valence-electron chi connectivity index (χ0n) is 4.96. The fraction of sp³-hybridized carbons (Fsp3) is 0.167. The van der Waals surface area contributed by atoms with Gasteiger partial charge in [-0.2, -0.15) is 0 Å². The van der Waals surface area contributed by atoms with Crippen molar-refractivity contribution >= 4 is 11.3 Å². The minimum absolute atomic E-state index is 0.0225. The molecule has 1 heterocycles. The molecule has 0 unspecified atom stereocenters. The summed E-state index contributed by atoms with van der Waals surface area (Å²) in [5.74, 6) is 0.624. The summed E-state index contributed by atoms with van der Waals surface area (Å²) in [6.07, 6.45) is 0. The summed E-state index contributed by atoms with van der Waals surface area (Å²) < 4.78 is 4.82. The third-order valence-electron chi connectivity index (χ3n) is 0.912. The second-order valence-electron chi connectivity index (χ2n) is 1.49. The van der Waals surface area contributed by atoms with Gasteiger partial charge >= 0.3 is 0 Å². The predicted octanol–water partition coefficient (Wildman–Crippen LogP) is 1.12. The molecule has 48 valence electrons. The van der Waals surface area contributed by atoms with Crippen LogP contribution in [-0.2, 0) is 0 Å². The van der Waals surface area contributed by atoms with Crippen LogP contribution in [-0.4, -0.2) is 7.11 Å². The van der Waals surface area contributed by atoms with Crippen LogP contribution < -0.4 is 9.48 Å². The lowest BCUT2D eigenvalue weighted by Crippen LogP contribution is -1.91. The van der Waals surface area contributed by atoms with E-state index >= 15 is 0 Å². The molecule has 1 rings (SSSR count). The normalized spacial score (nSPS) is 9.00. The minimum Gasteiger partial charge on any atom is -0.497 e. The maximum absolute atomic E-state index is 10.6. The maximum Gasteiger partial charge on any atom is 0.236 e. The first-order chi connectivity index (χ1) is 4.33. The van der Waals surface area contributed by atoms with Gasteiger partial charge in [0.2, 0.25) is 4.74 Å². The lowest BCUT2D eigenvalue weighted by atomic mass is 10.5. The molecule has 0 spiro atoms. The molecule has 1 aromatic heterocycles. The highest BCUT2D eigenvalue weighted by Gasteiger charge is 1.87. The Morgan fingerprint density at radius 1 is 1.67 bits per heavy atom. The molecule has 0 fully saturated rings. The molecular weight excluding hydrogens is 136 g/mol. The Labute approximate surface area is 56.7 Å². The predicted molar refractivity (Wildman–Crippen MR) is 37.1 cm³/mol. The molecule has 9 heavy (non-hydrogen) atoms. The molecule has 0 aliphatic heterocycles. The molecule has 0 aliphatic carbocycles. The van der Waals surface area contributed by atoms with Crippen molar-refractivity contribution in [3.8, 4) is 5.75 Å². The molecule has 0 saturated carbocycles. The molecule has 0 amide bonds. The van der Waals surface area contributed by atoms with E-state index in [1.807, 2.05) is 0 Å². The topological polar surface area (TPSA) is 26.3 Å². The fourth-order valence-corrected chi connectivity index (χ4v) is 1.01. The summed E-state index contributed by atoms with van der Waals surface area (Å²) in [4.78, 5) is 10.6. The van der Waals surface area contributed by atoms with Crippen molar-refractivity contribution < 1.29 is 4.74 Å². The number of rotatable bonds is 1. The molecular formula is C6H6O2S. The van der Waals surface area contributed by atoms with Crippen molar-refractivity contribution in [1.82, 2.24) is 0 Å². The van der Waals surface area contributed by atoms with Crippen LogP contribution in [0.4, 0.5) is 0 Å². The average Bonchev–Trinajstić information content (AvgIpc) is 1.88. The maximum atomic E-state index is 10.6. The summed E-state index contributed by atoms with van der Waals surface area (Å²) in [6.45, 7) is 0. The molecule has 0 saturated heterocycles. The Hall–Kier alpha value is -0.830. The van der Waals surface area contributed by atoms with E-state index in [0.29, 0.717) is 5.75 Å². The third-order valence-corrected chi connectivity index (χ3v) is 1.53. The van der Waals surface area contributed by atoms with E-state index in [4.69, 9.17) is 4.74 Å². The monoisotopic (exact) mass is 142 g/mol.